The van der Waals surface area contributed by atoms with Gasteiger partial charge in [0.25, 0.3) is 0 Å². The number of carbonyl (C=O) groups is 1. The van der Waals surface area contributed by atoms with Crippen LogP contribution in [-0.4, -0.2) is 55.3 Å². The highest BCUT2D eigenvalue weighted by molar-refractivity contribution is 7.89. The van der Waals surface area contributed by atoms with Gasteiger partial charge in [0, 0.05) is 20.1 Å². The molecule has 1 saturated heterocycles. The van der Waals surface area contributed by atoms with Crippen molar-refractivity contribution >= 4 is 21.6 Å². The van der Waals surface area contributed by atoms with E-state index >= 15 is 0 Å². The Kier molecular flexibility index (Phi) is 3.87. The summed E-state index contributed by atoms with van der Waals surface area (Å²) in [4.78, 5) is 13.3. The lowest BCUT2D eigenvalue weighted by Crippen LogP contribution is -2.38. The van der Waals surface area contributed by atoms with E-state index < -0.39 is 10.0 Å². The molecule has 1 fully saturated rings. The summed E-state index contributed by atoms with van der Waals surface area (Å²) in [6.45, 7) is 0.626. The molecule has 1 amide bonds. The summed E-state index contributed by atoms with van der Waals surface area (Å²) >= 11 is 0. The topological polar surface area (TPSA) is 104 Å². The monoisotopic (exact) mass is 299 g/mol. The van der Waals surface area contributed by atoms with Crippen LogP contribution >= 0.6 is 0 Å². The van der Waals surface area contributed by atoms with E-state index in [1.807, 2.05) is 0 Å². The number of amides is 1. The lowest BCUT2D eigenvalue weighted by Gasteiger charge is -2.19. The number of hydrogen-bond acceptors (Lipinski definition) is 5. The first-order chi connectivity index (χ1) is 9.32. The van der Waals surface area contributed by atoms with E-state index in [1.165, 1.54) is 23.1 Å². The van der Waals surface area contributed by atoms with Crippen LogP contribution in [0.3, 0.4) is 0 Å². The second-order valence-electron chi connectivity index (χ2n) is 4.73. The molecular formula is C12H17N3O4S. The summed E-state index contributed by atoms with van der Waals surface area (Å²) in [6, 6.07) is 3.71. The van der Waals surface area contributed by atoms with E-state index in [4.69, 9.17) is 5.73 Å². The maximum atomic E-state index is 12.5. The van der Waals surface area contributed by atoms with Crippen LogP contribution in [0.4, 0.5) is 5.69 Å². The molecule has 0 aliphatic carbocycles. The Morgan fingerprint density at radius 1 is 1.30 bits per heavy atom. The number of benzene rings is 1. The first-order valence-corrected chi connectivity index (χ1v) is 7.59. The van der Waals surface area contributed by atoms with Crippen molar-refractivity contribution < 1.29 is 18.3 Å². The number of anilines is 1. The molecule has 110 valence electrons. The predicted molar refractivity (Wildman–Crippen MR) is 73.5 cm³/mol. The van der Waals surface area contributed by atoms with Crippen LogP contribution in [0.15, 0.2) is 23.1 Å². The third-order valence-corrected chi connectivity index (χ3v) is 5.12. The van der Waals surface area contributed by atoms with Crippen LogP contribution in [0.25, 0.3) is 0 Å². The number of sulfonamides is 1. The van der Waals surface area contributed by atoms with E-state index in [1.54, 1.807) is 7.05 Å². The highest BCUT2D eigenvalue weighted by atomic mass is 32.2. The largest absolute Gasteiger partial charge is 0.506 e. The summed E-state index contributed by atoms with van der Waals surface area (Å²) in [7, 11) is -2.14. The Morgan fingerprint density at radius 3 is 2.65 bits per heavy atom. The SMILES string of the molecule is CN1CCCN(S(=O)(=O)c2ccc(O)c(N)c2)CC1=O. The molecule has 0 aromatic heterocycles. The van der Waals surface area contributed by atoms with Gasteiger partial charge >= 0.3 is 0 Å². The van der Waals surface area contributed by atoms with Crippen molar-refractivity contribution in [1.29, 1.82) is 0 Å². The quantitative estimate of drug-likeness (QED) is 0.583. The maximum absolute atomic E-state index is 12.5. The van der Waals surface area contributed by atoms with Crippen molar-refractivity contribution in [2.45, 2.75) is 11.3 Å². The predicted octanol–water partition coefficient (Wildman–Crippen LogP) is -0.173. The number of hydrogen-bond donors (Lipinski definition) is 2. The van der Waals surface area contributed by atoms with E-state index in [0.717, 1.165) is 4.31 Å². The number of nitrogens with two attached hydrogens (primary N) is 1. The molecule has 1 heterocycles. The molecular weight excluding hydrogens is 282 g/mol. The van der Waals surface area contributed by atoms with Crippen LogP contribution < -0.4 is 5.73 Å². The number of aromatic hydroxyl groups is 1. The number of likely N-dealkylation sites (N-methyl/N-ethyl adjacent to an activating group) is 1. The Morgan fingerprint density at radius 2 is 2.00 bits per heavy atom. The van der Waals surface area contributed by atoms with Crippen molar-refractivity contribution in [3.63, 3.8) is 0 Å². The molecule has 0 radical (unpaired) electrons. The summed E-state index contributed by atoms with van der Waals surface area (Å²) in [5.41, 5.74) is 5.51. The third-order valence-electron chi connectivity index (χ3n) is 3.28. The fourth-order valence-corrected chi connectivity index (χ4v) is 3.47. The molecule has 2 rings (SSSR count). The van der Waals surface area contributed by atoms with Crippen LogP contribution in [0, 0.1) is 0 Å². The van der Waals surface area contributed by atoms with Gasteiger partial charge in [-0.25, -0.2) is 8.42 Å². The number of phenolic OH excluding ortho intramolecular Hbond substituents is 1. The zero-order valence-corrected chi connectivity index (χ0v) is 11.9. The van der Waals surface area contributed by atoms with Crippen molar-refractivity contribution in [2.75, 3.05) is 32.4 Å². The van der Waals surface area contributed by atoms with Gasteiger partial charge < -0.3 is 15.7 Å². The molecule has 0 saturated carbocycles. The second kappa shape index (κ2) is 5.29. The normalized spacial score (nSPS) is 18.1. The average Bonchev–Trinajstić information content (AvgIpc) is 2.56. The summed E-state index contributed by atoms with van der Waals surface area (Å²) in [5, 5.41) is 9.35. The molecule has 0 spiro atoms. The molecule has 3 N–H and O–H groups in total. The lowest BCUT2D eigenvalue weighted by molar-refractivity contribution is -0.129. The fraction of sp³-hybridized carbons (Fsp3) is 0.417. The average molecular weight is 299 g/mol. The van der Waals surface area contributed by atoms with E-state index in [2.05, 4.69) is 0 Å². The number of rotatable bonds is 2. The van der Waals surface area contributed by atoms with Gasteiger partial charge in [0.05, 0.1) is 17.1 Å². The lowest BCUT2D eigenvalue weighted by atomic mass is 10.3. The molecule has 0 unspecified atom stereocenters. The van der Waals surface area contributed by atoms with Crippen molar-refractivity contribution in [1.82, 2.24) is 9.21 Å². The molecule has 8 heteroatoms. The second-order valence-corrected chi connectivity index (χ2v) is 6.67. The van der Waals surface area contributed by atoms with E-state index in [9.17, 15) is 18.3 Å². The number of nitrogens with zero attached hydrogens (tertiary/aromatic N) is 2. The van der Waals surface area contributed by atoms with Gasteiger partial charge in [0.2, 0.25) is 15.9 Å². The minimum Gasteiger partial charge on any atom is -0.506 e. The van der Waals surface area contributed by atoms with E-state index in [-0.39, 0.29) is 35.3 Å². The van der Waals surface area contributed by atoms with Crippen LogP contribution in [0.1, 0.15) is 6.42 Å². The van der Waals surface area contributed by atoms with Crippen molar-refractivity contribution in [3.8, 4) is 5.75 Å². The molecule has 1 aromatic carbocycles. The first kappa shape index (κ1) is 14.6. The van der Waals surface area contributed by atoms with Gasteiger partial charge in [-0.15, -0.1) is 0 Å². The fourth-order valence-electron chi connectivity index (χ4n) is 2.01. The van der Waals surface area contributed by atoms with E-state index in [0.29, 0.717) is 13.0 Å². The van der Waals surface area contributed by atoms with Crippen molar-refractivity contribution in [2.24, 2.45) is 0 Å². The van der Waals surface area contributed by atoms with Crippen LogP contribution in [0.2, 0.25) is 0 Å². The van der Waals surface area contributed by atoms with Gasteiger partial charge in [0.15, 0.2) is 0 Å². The number of carbonyl (C=O) groups excluding carboxylic acids is 1. The highest BCUT2D eigenvalue weighted by Crippen LogP contribution is 2.25. The smallest absolute Gasteiger partial charge is 0.243 e. The Hall–Kier alpha value is -1.80. The minimum absolute atomic E-state index is 0.00987. The zero-order chi connectivity index (χ0) is 14.9. The van der Waals surface area contributed by atoms with Crippen LogP contribution in [0.5, 0.6) is 5.75 Å². The molecule has 1 aliphatic rings. The third kappa shape index (κ3) is 2.70. The molecule has 0 bridgehead atoms. The minimum atomic E-state index is -3.79. The number of phenols is 1. The van der Waals surface area contributed by atoms with Gasteiger partial charge in [-0.2, -0.15) is 4.31 Å². The standard InChI is InChI=1S/C12H17N3O4S/c1-14-5-2-6-15(8-12(14)17)20(18,19)9-3-4-11(16)10(13)7-9/h3-4,7,16H,2,5-6,8,13H2,1H3. The molecule has 1 aromatic rings. The summed E-state index contributed by atoms with van der Waals surface area (Å²) in [5.74, 6) is -0.409. The molecule has 1 aliphatic heterocycles. The maximum Gasteiger partial charge on any atom is 0.243 e. The summed E-state index contributed by atoms with van der Waals surface area (Å²) < 4.78 is 26.1. The van der Waals surface area contributed by atoms with Gasteiger partial charge in [-0.05, 0) is 24.6 Å². The first-order valence-electron chi connectivity index (χ1n) is 6.15. The number of nitrogen functional groups attached to an aromatic ring is 1. The molecule has 20 heavy (non-hydrogen) atoms. The van der Waals surface area contributed by atoms with Gasteiger partial charge in [-0.1, -0.05) is 0 Å². The Bertz CT molecular complexity index is 630. The highest BCUT2D eigenvalue weighted by Gasteiger charge is 2.30. The summed E-state index contributed by atoms with van der Waals surface area (Å²) in [6.07, 6.45) is 0.578. The van der Waals surface area contributed by atoms with Gasteiger partial charge in [-0.3, -0.25) is 4.79 Å². The molecule has 7 nitrogen and oxygen atoms in total. The Labute approximate surface area is 117 Å². The molecule has 0 atom stereocenters. The van der Waals surface area contributed by atoms with Crippen molar-refractivity contribution in [3.05, 3.63) is 18.2 Å². The van der Waals surface area contributed by atoms with Crippen LogP contribution in [-0.2, 0) is 14.8 Å². The van der Waals surface area contributed by atoms with Gasteiger partial charge in [0.1, 0.15) is 5.75 Å². The zero-order valence-electron chi connectivity index (χ0n) is 11.1. The Balaban J connectivity index is 2.34.